The SMILES string of the molecule is CCC1CCNCC1.[CH3][Al+][CH3].[H-]. The monoisotopic (exact) mass is 171 g/mol. The Balaban J connectivity index is 0. The van der Waals surface area contributed by atoms with Gasteiger partial charge in [0.2, 0.25) is 0 Å². The van der Waals surface area contributed by atoms with Crippen LogP contribution >= 0.6 is 0 Å². The molecule has 0 amide bonds. The summed E-state index contributed by atoms with van der Waals surface area (Å²) < 4.78 is 0. The first-order chi connectivity index (χ1) is 5.35. The van der Waals surface area contributed by atoms with Crippen LogP contribution in [0.2, 0.25) is 11.6 Å². The third-order valence-corrected chi connectivity index (χ3v) is 2.04. The average molecular weight is 171 g/mol. The molecule has 1 nitrogen and oxygen atoms in total. The number of piperidine rings is 1. The molecule has 1 heterocycles. The van der Waals surface area contributed by atoms with E-state index < -0.39 is 0 Å². The van der Waals surface area contributed by atoms with Crippen LogP contribution in [0.5, 0.6) is 0 Å². The summed E-state index contributed by atoms with van der Waals surface area (Å²) in [5.74, 6) is 5.44. The van der Waals surface area contributed by atoms with Gasteiger partial charge >= 0.3 is 26.8 Å². The minimum atomic E-state index is 0. The molecule has 1 N–H and O–H groups in total. The van der Waals surface area contributed by atoms with Gasteiger partial charge < -0.3 is 6.74 Å². The predicted octanol–water partition coefficient (Wildman–Crippen LogP) is 2.30. The zero-order chi connectivity index (χ0) is 8.53. The summed E-state index contributed by atoms with van der Waals surface area (Å²) in [4.78, 5) is 0. The van der Waals surface area contributed by atoms with Crippen molar-refractivity contribution >= 4 is 15.2 Å². The number of rotatable bonds is 1. The molecule has 0 atom stereocenters. The van der Waals surface area contributed by atoms with Gasteiger partial charge in [-0.05, 0) is 31.8 Å². The van der Waals surface area contributed by atoms with Crippen LogP contribution in [0.15, 0.2) is 0 Å². The van der Waals surface area contributed by atoms with Crippen molar-refractivity contribution < 1.29 is 1.43 Å². The summed E-state index contributed by atoms with van der Waals surface area (Å²) in [7, 11) is 0. The van der Waals surface area contributed by atoms with Crippen LogP contribution in [0, 0.1) is 5.92 Å². The van der Waals surface area contributed by atoms with Crippen molar-refractivity contribution in [2.45, 2.75) is 37.8 Å². The van der Waals surface area contributed by atoms with Crippen LogP contribution in [0.4, 0.5) is 0 Å². The summed E-state index contributed by atoms with van der Waals surface area (Å²) in [5.41, 5.74) is 0. The molecule has 0 bridgehead atoms. The van der Waals surface area contributed by atoms with Gasteiger partial charge in [0, 0.05) is 0 Å². The number of hydrogen-bond acceptors (Lipinski definition) is 1. The molecular weight excluding hydrogens is 149 g/mol. The molecule has 1 fully saturated rings. The topological polar surface area (TPSA) is 12.0 Å². The molecule has 1 aliphatic heterocycles. The first-order valence-corrected chi connectivity index (χ1v) is 7.10. The quantitative estimate of drug-likeness (QED) is 0.597. The molecule has 0 aliphatic carbocycles. The van der Waals surface area contributed by atoms with Crippen LogP contribution in [0.25, 0.3) is 0 Å². The Morgan fingerprint density at radius 3 is 2.09 bits per heavy atom. The van der Waals surface area contributed by atoms with E-state index in [1.165, 1.54) is 32.4 Å². The molecule has 0 aromatic carbocycles. The Hall–Kier alpha value is 0.492. The van der Waals surface area contributed by atoms with Crippen molar-refractivity contribution in [1.29, 1.82) is 0 Å². The van der Waals surface area contributed by atoms with Crippen molar-refractivity contribution in [2.75, 3.05) is 13.1 Å². The summed E-state index contributed by atoms with van der Waals surface area (Å²) in [6, 6.07) is 0. The Morgan fingerprint density at radius 2 is 1.82 bits per heavy atom. The van der Waals surface area contributed by atoms with Gasteiger partial charge in [-0.2, -0.15) is 0 Å². The third kappa shape index (κ3) is 6.87. The van der Waals surface area contributed by atoms with Gasteiger partial charge in [-0.15, -0.1) is 0 Å². The Bertz CT molecular complexity index is 74.9. The van der Waals surface area contributed by atoms with Gasteiger partial charge in [-0.1, -0.05) is 13.3 Å². The maximum atomic E-state index is 3.35. The zero-order valence-electron chi connectivity index (χ0n) is 9.19. The summed E-state index contributed by atoms with van der Waals surface area (Å²) in [6.45, 7) is 4.78. The van der Waals surface area contributed by atoms with Crippen molar-refractivity contribution in [1.82, 2.24) is 5.32 Å². The molecule has 0 unspecified atom stereocenters. The van der Waals surface area contributed by atoms with Crippen LogP contribution < -0.4 is 5.32 Å². The number of hydrogen-bond donors (Lipinski definition) is 1. The fourth-order valence-electron chi connectivity index (χ4n) is 1.29. The molecule has 0 saturated carbocycles. The molecule has 11 heavy (non-hydrogen) atoms. The Labute approximate surface area is 79.1 Å². The largest absolute Gasteiger partial charge is 1.00 e. The second-order valence-corrected chi connectivity index (χ2v) is 4.33. The van der Waals surface area contributed by atoms with E-state index in [4.69, 9.17) is 0 Å². The molecular formula is C9H22AlN. The Kier molecular flexibility index (Phi) is 8.97. The maximum absolute atomic E-state index is 3.35. The molecule has 66 valence electrons. The smallest absolute Gasteiger partial charge is 1.00 e. The predicted molar refractivity (Wildman–Crippen MR) is 54.5 cm³/mol. The van der Waals surface area contributed by atoms with E-state index in [1.807, 2.05) is 0 Å². The molecule has 1 aliphatic rings. The molecule has 2 heteroatoms. The van der Waals surface area contributed by atoms with Gasteiger partial charge in [0.15, 0.2) is 0 Å². The fourth-order valence-corrected chi connectivity index (χ4v) is 1.29. The second-order valence-electron chi connectivity index (χ2n) is 3.18. The van der Waals surface area contributed by atoms with E-state index in [2.05, 4.69) is 23.8 Å². The fraction of sp³-hybridized carbons (Fsp3) is 1.00. The van der Waals surface area contributed by atoms with Gasteiger partial charge in [0.05, 0.1) is 0 Å². The summed E-state index contributed by atoms with van der Waals surface area (Å²) in [5, 5.41) is 3.35. The molecule has 0 aromatic rings. The van der Waals surface area contributed by atoms with E-state index in [9.17, 15) is 0 Å². The molecule has 1 saturated heterocycles. The van der Waals surface area contributed by atoms with Gasteiger partial charge in [0.25, 0.3) is 0 Å². The minimum absolute atomic E-state index is 0. The second kappa shape index (κ2) is 8.59. The minimum Gasteiger partial charge on any atom is -1.00 e. The van der Waals surface area contributed by atoms with Crippen molar-refractivity contribution in [3.05, 3.63) is 0 Å². The van der Waals surface area contributed by atoms with E-state index >= 15 is 0 Å². The van der Waals surface area contributed by atoms with Crippen LogP contribution in [-0.4, -0.2) is 28.3 Å². The van der Waals surface area contributed by atoms with E-state index in [0.29, 0.717) is 0 Å². The molecule has 0 radical (unpaired) electrons. The van der Waals surface area contributed by atoms with Gasteiger partial charge in [-0.25, -0.2) is 0 Å². The third-order valence-electron chi connectivity index (χ3n) is 2.04. The molecule has 0 spiro atoms. The van der Waals surface area contributed by atoms with Crippen molar-refractivity contribution in [3.8, 4) is 0 Å². The molecule has 1 rings (SSSR count). The summed E-state index contributed by atoms with van der Waals surface area (Å²) in [6.07, 6.45) is 4.18. The Morgan fingerprint density at radius 1 is 1.36 bits per heavy atom. The first kappa shape index (κ1) is 11.5. The van der Waals surface area contributed by atoms with Crippen molar-refractivity contribution in [2.24, 2.45) is 5.92 Å². The normalized spacial score (nSPS) is 18.1. The van der Waals surface area contributed by atoms with Crippen LogP contribution in [-0.2, 0) is 0 Å². The number of nitrogens with one attached hydrogen (secondary N) is 1. The van der Waals surface area contributed by atoms with E-state index in [0.717, 1.165) is 21.1 Å². The van der Waals surface area contributed by atoms with Crippen LogP contribution in [0.3, 0.4) is 0 Å². The van der Waals surface area contributed by atoms with Gasteiger partial charge in [-0.3, -0.25) is 0 Å². The zero-order valence-corrected chi connectivity index (χ0v) is 9.34. The van der Waals surface area contributed by atoms with E-state index in [-0.39, 0.29) is 1.43 Å². The van der Waals surface area contributed by atoms with Crippen molar-refractivity contribution in [3.63, 3.8) is 0 Å². The van der Waals surface area contributed by atoms with E-state index in [1.54, 1.807) is 0 Å². The summed E-state index contributed by atoms with van der Waals surface area (Å²) >= 11 is 0.750. The van der Waals surface area contributed by atoms with Crippen LogP contribution in [0.1, 0.15) is 27.6 Å². The standard InChI is InChI=1S/C7H15N.2CH3.Al.H/c1-2-7-3-5-8-6-4-7;;;;/h7-8H,2-6H2,1H3;2*1H3;;/q;;;+1;-1. The van der Waals surface area contributed by atoms with Gasteiger partial charge in [0.1, 0.15) is 0 Å². The first-order valence-electron chi connectivity index (χ1n) is 4.79. The average Bonchev–Trinajstić information content (AvgIpc) is 2.08. The maximum Gasteiger partial charge on any atom is -1.00 e. The molecule has 0 aromatic heterocycles.